The van der Waals surface area contributed by atoms with Crippen LogP contribution in [0.25, 0.3) is 0 Å². The fourth-order valence-corrected chi connectivity index (χ4v) is 2.44. The van der Waals surface area contributed by atoms with Gasteiger partial charge in [-0.3, -0.25) is 9.59 Å². The van der Waals surface area contributed by atoms with Gasteiger partial charge in [-0.05, 0) is 36.2 Å². The molecule has 2 rings (SSSR count). The van der Waals surface area contributed by atoms with Crippen LogP contribution in [0.15, 0.2) is 42.5 Å². The van der Waals surface area contributed by atoms with E-state index in [-0.39, 0.29) is 12.5 Å². The Bertz CT molecular complexity index is 792. The summed E-state index contributed by atoms with van der Waals surface area (Å²) in [5.41, 5.74) is 7.51. The number of methoxy groups -OCH3 is 1. The van der Waals surface area contributed by atoms with Crippen molar-refractivity contribution < 1.29 is 23.8 Å². The Morgan fingerprint density at radius 1 is 1.07 bits per heavy atom. The van der Waals surface area contributed by atoms with Gasteiger partial charge >= 0.3 is 0 Å². The molecule has 0 heterocycles. The number of benzene rings is 2. The van der Waals surface area contributed by atoms with Crippen LogP contribution in [0.2, 0.25) is 0 Å². The van der Waals surface area contributed by atoms with Crippen LogP contribution in [0.1, 0.15) is 28.4 Å². The molecule has 0 unspecified atom stereocenters. The van der Waals surface area contributed by atoms with Crippen LogP contribution in [0.3, 0.4) is 0 Å². The molecule has 2 aromatic rings. The third kappa shape index (κ3) is 6.00. The highest BCUT2D eigenvalue weighted by Crippen LogP contribution is 2.28. The standard InChI is InChI=1S/C20H24N2O5/c1-3-26-12-16-7-5-4-6-15(16)11-22-20(24)14-8-9-17(18(10-14)25-2)27-13-19(21)23/h4-10H,3,11-13H2,1-2H3,(H2,21,23)(H,22,24). The number of nitrogens with two attached hydrogens (primary N) is 1. The summed E-state index contributed by atoms with van der Waals surface area (Å²) in [6, 6.07) is 12.5. The lowest BCUT2D eigenvalue weighted by Gasteiger charge is -2.13. The van der Waals surface area contributed by atoms with E-state index in [4.69, 9.17) is 19.9 Å². The summed E-state index contributed by atoms with van der Waals surface area (Å²) in [6.07, 6.45) is 0. The Balaban J connectivity index is 2.05. The second kappa shape index (κ2) is 10.2. The van der Waals surface area contributed by atoms with Crippen LogP contribution in [-0.4, -0.2) is 32.1 Å². The predicted molar refractivity (Wildman–Crippen MR) is 101 cm³/mol. The molecule has 27 heavy (non-hydrogen) atoms. The number of nitrogens with one attached hydrogen (secondary N) is 1. The van der Waals surface area contributed by atoms with E-state index in [0.29, 0.717) is 36.8 Å². The van der Waals surface area contributed by atoms with Crippen LogP contribution >= 0.6 is 0 Å². The number of hydrogen-bond acceptors (Lipinski definition) is 5. The molecule has 0 atom stereocenters. The van der Waals surface area contributed by atoms with Gasteiger partial charge in [0.15, 0.2) is 18.1 Å². The Hall–Kier alpha value is -3.06. The molecule has 0 bridgehead atoms. The van der Waals surface area contributed by atoms with Crippen LogP contribution in [-0.2, 0) is 22.7 Å². The van der Waals surface area contributed by atoms with Gasteiger partial charge in [-0.1, -0.05) is 24.3 Å². The normalized spacial score (nSPS) is 10.3. The molecule has 7 heteroatoms. The van der Waals surface area contributed by atoms with Crippen molar-refractivity contribution in [3.05, 3.63) is 59.2 Å². The van der Waals surface area contributed by atoms with E-state index in [0.717, 1.165) is 11.1 Å². The van der Waals surface area contributed by atoms with Crippen molar-refractivity contribution >= 4 is 11.8 Å². The van der Waals surface area contributed by atoms with Crippen molar-refractivity contribution in [2.45, 2.75) is 20.1 Å². The van der Waals surface area contributed by atoms with Crippen molar-refractivity contribution in [1.29, 1.82) is 0 Å². The number of carbonyl (C=O) groups excluding carboxylic acids is 2. The molecule has 7 nitrogen and oxygen atoms in total. The predicted octanol–water partition coefficient (Wildman–Crippen LogP) is 2.03. The lowest BCUT2D eigenvalue weighted by molar-refractivity contribution is -0.119. The first-order valence-corrected chi connectivity index (χ1v) is 8.57. The van der Waals surface area contributed by atoms with Crippen LogP contribution in [0.5, 0.6) is 11.5 Å². The van der Waals surface area contributed by atoms with Gasteiger partial charge in [0.2, 0.25) is 0 Å². The molecule has 0 aliphatic carbocycles. The topological polar surface area (TPSA) is 99.9 Å². The third-order valence-electron chi connectivity index (χ3n) is 3.82. The molecule has 2 aromatic carbocycles. The molecule has 0 saturated carbocycles. The monoisotopic (exact) mass is 372 g/mol. The summed E-state index contributed by atoms with van der Waals surface area (Å²) in [4.78, 5) is 23.3. The van der Waals surface area contributed by atoms with Gasteiger partial charge in [0.05, 0.1) is 13.7 Å². The third-order valence-corrected chi connectivity index (χ3v) is 3.82. The minimum absolute atomic E-state index is 0.249. The van der Waals surface area contributed by atoms with Crippen molar-refractivity contribution in [2.75, 3.05) is 20.3 Å². The largest absolute Gasteiger partial charge is 0.493 e. The number of rotatable bonds is 10. The van der Waals surface area contributed by atoms with Gasteiger partial charge < -0.3 is 25.3 Å². The number of amides is 2. The van der Waals surface area contributed by atoms with Crippen molar-refractivity contribution in [3.63, 3.8) is 0 Å². The zero-order chi connectivity index (χ0) is 19.6. The van der Waals surface area contributed by atoms with Crippen LogP contribution in [0.4, 0.5) is 0 Å². The Labute approximate surface area is 158 Å². The summed E-state index contributed by atoms with van der Waals surface area (Å²) in [5.74, 6) is -0.152. The summed E-state index contributed by atoms with van der Waals surface area (Å²) >= 11 is 0. The van der Waals surface area contributed by atoms with E-state index < -0.39 is 5.91 Å². The Kier molecular flexibility index (Phi) is 7.63. The molecule has 0 aliphatic rings. The highest BCUT2D eigenvalue weighted by Gasteiger charge is 2.12. The lowest BCUT2D eigenvalue weighted by Crippen LogP contribution is -2.23. The first kappa shape index (κ1) is 20.3. The zero-order valence-corrected chi connectivity index (χ0v) is 15.5. The van der Waals surface area contributed by atoms with E-state index in [2.05, 4.69) is 5.32 Å². The molecular formula is C20H24N2O5. The number of hydrogen-bond donors (Lipinski definition) is 2. The van der Waals surface area contributed by atoms with Gasteiger partial charge in [0.25, 0.3) is 11.8 Å². The van der Waals surface area contributed by atoms with Gasteiger partial charge in [-0.2, -0.15) is 0 Å². The highest BCUT2D eigenvalue weighted by atomic mass is 16.5. The molecule has 0 aromatic heterocycles. The Morgan fingerprint density at radius 2 is 1.81 bits per heavy atom. The van der Waals surface area contributed by atoms with E-state index in [1.54, 1.807) is 18.2 Å². The molecule has 0 spiro atoms. The van der Waals surface area contributed by atoms with E-state index in [9.17, 15) is 9.59 Å². The number of primary amides is 1. The fraction of sp³-hybridized carbons (Fsp3) is 0.300. The summed E-state index contributed by atoms with van der Waals surface area (Å²) in [6.45, 7) is 3.18. The highest BCUT2D eigenvalue weighted by molar-refractivity contribution is 5.94. The van der Waals surface area contributed by atoms with Crippen molar-refractivity contribution in [2.24, 2.45) is 5.73 Å². The first-order chi connectivity index (χ1) is 13.0. The Morgan fingerprint density at radius 3 is 2.48 bits per heavy atom. The smallest absolute Gasteiger partial charge is 0.255 e. The zero-order valence-electron chi connectivity index (χ0n) is 15.5. The van der Waals surface area contributed by atoms with Gasteiger partial charge in [-0.25, -0.2) is 0 Å². The van der Waals surface area contributed by atoms with Gasteiger partial charge in [0, 0.05) is 18.7 Å². The maximum Gasteiger partial charge on any atom is 0.255 e. The average Bonchev–Trinajstić information content (AvgIpc) is 2.69. The SMILES string of the molecule is CCOCc1ccccc1CNC(=O)c1ccc(OCC(N)=O)c(OC)c1. The van der Waals surface area contributed by atoms with Crippen LogP contribution < -0.4 is 20.5 Å². The molecule has 3 N–H and O–H groups in total. The van der Waals surface area contributed by atoms with E-state index >= 15 is 0 Å². The molecule has 0 saturated heterocycles. The molecule has 0 fully saturated rings. The van der Waals surface area contributed by atoms with Gasteiger partial charge in [-0.15, -0.1) is 0 Å². The summed E-state index contributed by atoms with van der Waals surface area (Å²) in [5, 5.41) is 2.89. The minimum Gasteiger partial charge on any atom is -0.493 e. The summed E-state index contributed by atoms with van der Waals surface area (Å²) in [7, 11) is 1.46. The molecular weight excluding hydrogens is 348 g/mol. The van der Waals surface area contributed by atoms with Crippen LogP contribution in [0, 0.1) is 0 Å². The summed E-state index contributed by atoms with van der Waals surface area (Å²) < 4.78 is 15.9. The number of ether oxygens (including phenoxy) is 3. The second-order valence-corrected chi connectivity index (χ2v) is 5.71. The lowest BCUT2D eigenvalue weighted by atomic mass is 10.1. The number of carbonyl (C=O) groups is 2. The fourth-order valence-electron chi connectivity index (χ4n) is 2.44. The van der Waals surface area contributed by atoms with E-state index in [1.807, 2.05) is 31.2 Å². The maximum absolute atomic E-state index is 12.5. The quantitative estimate of drug-likeness (QED) is 0.665. The second-order valence-electron chi connectivity index (χ2n) is 5.71. The maximum atomic E-state index is 12.5. The minimum atomic E-state index is -0.593. The van der Waals surface area contributed by atoms with E-state index in [1.165, 1.54) is 7.11 Å². The average molecular weight is 372 g/mol. The molecule has 2 amide bonds. The molecule has 144 valence electrons. The first-order valence-electron chi connectivity index (χ1n) is 8.57. The molecule has 0 aliphatic heterocycles. The molecule has 0 radical (unpaired) electrons. The van der Waals surface area contributed by atoms with Crippen molar-refractivity contribution in [3.8, 4) is 11.5 Å². The van der Waals surface area contributed by atoms with Crippen molar-refractivity contribution in [1.82, 2.24) is 5.32 Å². The van der Waals surface area contributed by atoms with Gasteiger partial charge in [0.1, 0.15) is 0 Å².